The summed E-state index contributed by atoms with van der Waals surface area (Å²) in [7, 11) is 0. The van der Waals surface area contributed by atoms with E-state index in [2.05, 4.69) is 42.2 Å². The van der Waals surface area contributed by atoms with Gasteiger partial charge in [0.25, 0.3) is 0 Å². The monoisotopic (exact) mass is 722 g/mol. The average molecular weight is 723 g/mol. The number of ether oxygens (including phenoxy) is 1. The van der Waals surface area contributed by atoms with Gasteiger partial charge in [0.15, 0.2) is 0 Å². The number of aromatic nitrogens is 1. The number of nitrogens with one attached hydrogen (secondary N) is 1. The maximum atomic E-state index is 11.4. The predicted molar refractivity (Wildman–Crippen MR) is 115 cm³/mol. The van der Waals surface area contributed by atoms with Gasteiger partial charge in [0.2, 0.25) is 0 Å². The second-order valence-electron chi connectivity index (χ2n) is 5.73. The van der Waals surface area contributed by atoms with Gasteiger partial charge in [0.1, 0.15) is 5.60 Å². The molecule has 1 aliphatic heterocycles. The van der Waals surface area contributed by atoms with Crippen LogP contribution < -0.4 is 13.3 Å². The van der Waals surface area contributed by atoms with E-state index < -0.39 is 11.6 Å². The SMILES string of the molecule is CCC[C@]1(CC(=O)O)OCCc2c1[nH]c1c(Cl)ccc(Cl)c21.I[I-]I. The van der Waals surface area contributed by atoms with Crippen molar-refractivity contribution in [3.05, 3.63) is 33.4 Å². The molecule has 0 unspecified atom stereocenters. The number of carbonyl (C=O) groups is 1. The van der Waals surface area contributed by atoms with E-state index in [4.69, 9.17) is 27.9 Å². The Hall–Kier alpha value is 0.960. The summed E-state index contributed by atoms with van der Waals surface area (Å²) in [6, 6.07) is 3.52. The van der Waals surface area contributed by atoms with E-state index in [0.717, 1.165) is 28.6 Å². The van der Waals surface area contributed by atoms with Gasteiger partial charge in [-0.1, -0.05) is 36.5 Å². The molecule has 4 nitrogen and oxygen atoms in total. The molecule has 2 heterocycles. The van der Waals surface area contributed by atoms with Crippen LogP contribution in [0.4, 0.5) is 0 Å². The van der Waals surface area contributed by atoms with E-state index in [0.29, 0.717) is 42.7 Å². The number of hydrogen-bond acceptors (Lipinski definition) is 2. The van der Waals surface area contributed by atoms with Crippen molar-refractivity contribution in [3.8, 4) is 0 Å². The second-order valence-corrected chi connectivity index (χ2v) is 22.8. The third-order valence-electron chi connectivity index (χ3n) is 4.23. The molecular formula is C16H17Cl2I3NO3-. The number of carboxylic acid groups (broad SMARTS) is 1. The molecule has 2 N–H and O–H groups in total. The molecule has 0 saturated heterocycles. The minimum atomic E-state index is -0.878. The molecule has 0 spiro atoms. The number of aliphatic carboxylic acids is 1. The van der Waals surface area contributed by atoms with Gasteiger partial charge in [0, 0.05) is 5.39 Å². The van der Waals surface area contributed by atoms with E-state index in [9.17, 15) is 9.90 Å². The first-order valence-electron chi connectivity index (χ1n) is 7.62. The first kappa shape index (κ1) is 22.3. The first-order chi connectivity index (χ1) is 11.9. The van der Waals surface area contributed by atoms with Crippen molar-refractivity contribution in [3.63, 3.8) is 0 Å². The molecular weight excluding hydrogens is 706 g/mol. The number of carboxylic acids is 1. The standard InChI is InChI=1S/C16H17Cl2NO3.I3/c1-2-6-16(8-12(20)21)15-9(5-7-22-16)13-10(17)3-4-11(18)14(13)19-15;1-3-2/h3-4,19H,2,5-8H2,1H3,(H,20,21);/q;-1/t16-;/m1./s1. The molecule has 9 heteroatoms. The van der Waals surface area contributed by atoms with Gasteiger partial charge in [-0.25, -0.2) is 0 Å². The molecule has 0 bridgehead atoms. The van der Waals surface area contributed by atoms with Crippen LogP contribution in [0, 0.1) is 0 Å². The van der Waals surface area contributed by atoms with E-state index in [1.165, 1.54) is 0 Å². The molecule has 140 valence electrons. The molecule has 0 aliphatic carbocycles. The number of benzene rings is 1. The Morgan fingerprint density at radius 2 is 2.04 bits per heavy atom. The van der Waals surface area contributed by atoms with Crippen LogP contribution in [0.5, 0.6) is 0 Å². The van der Waals surface area contributed by atoms with Crippen LogP contribution in [0.1, 0.15) is 37.4 Å². The molecule has 1 aromatic carbocycles. The number of hydrogen-bond donors (Lipinski definition) is 2. The quantitative estimate of drug-likeness (QED) is 0.477. The maximum absolute atomic E-state index is 11.4. The van der Waals surface area contributed by atoms with Crippen LogP contribution in [-0.4, -0.2) is 22.7 Å². The van der Waals surface area contributed by atoms with Gasteiger partial charge in [-0.05, 0) is 30.5 Å². The third kappa shape index (κ3) is 4.87. The van der Waals surface area contributed by atoms with Crippen molar-refractivity contribution in [1.29, 1.82) is 0 Å². The van der Waals surface area contributed by atoms with Gasteiger partial charge < -0.3 is 14.8 Å². The van der Waals surface area contributed by atoms with Crippen LogP contribution in [0.15, 0.2) is 12.1 Å². The van der Waals surface area contributed by atoms with Crippen molar-refractivity contribution >= 4 is 77.3 Å². The number of halogens is 5. The fourth-order valence-corrected chi connectivity index (χ4v) is 3.90. The number of H-pyrrole nitrogens is 1. The number of rotatable bonds is 4. The summed E-state index contributed by atoms with van der Waals surface area (Å²) in [5, 5.41) is 11.4. The van der Waals surface area contributed by atoms with Crippen LogP contribution in [-0.2, 0) is 21.6 Å². The zero-order valence-electron chi connectivity index (χ0n) is 13.3. The van der Waals surface area contributed by atoms with E-state index in [1.807, 2.05) is 6.92 Å². The molecule has 0 amide bonds. The Labute approximate surface area is 186 Å². The third-order valence-corrected chi connectivity index (χ3v) is 4.86. The van der Waals surface area contributed by atoms with Crippen LogP contribution in [0.3, 0.4) is 0 Å². The van der Waals surface area contributed by atoms with Crippen molar-refractivity contribution in [2.75, 3.05) is 6.61 Å². The van der Waals surface area contributed by atoms with Crippen LogP contribution >= 0.6 is 60.4 Å². The molecule has 2 aromatic rings. The van der Waals surface area contributed by atoms with Gasteiger partial charge in [-0.2, -0.15) is 0 Å². The summed E-state index contributed by atoms with van der Waals surface area (Å²) in [6.07, 6.45) is 2.08. The molecule has 0 fully saturated rings. The summed E-state index contributed by atoms with van der Waals surface area (Å²) < 4.78 is 5.95. The fourth-order valence-electron chi connectivity index (χ4n) is 3.43. The summed E-state index contributed by atoms with van der Waals surface area (Å²) in [5.41, 5.74) is 1.77. The van der Waals surface area contributed by atoms with Gasteiger partial charge in [-0.15, -0.1) is 0 Å². The van der Waals surface area contributed by atoms with E-state index >= 15 is 0 Å². The Morgan fingerprint density at radius 3 is 2.64 bits per heavy atom. The van der Waals surface area contributed by atoms with Crippen LogP contribution in [0.2, 0.25) is 10.0 Å². The molecule has 1 atom stereocenters. The summed E-state index contributed by atoms with van der Waals surface area (Å²) in [6.45, 7) is 2.50. The van der Waals surface area contributed by atoms with Gasteiger partial charge >= 0.3 is 56.5 Å². The Morgan fingerprint density at radius 1 is 1.40 bits per heavy atom. The van der Waals surface area contributed by atoms with Crippen molar-refractivity contribution in [2.24, 2.45) is 0 Å². The number of aromatic amines is 1. The molecule has 0 radical (unpaired) electrons. The average Bonchev–Trinajstić information content (AvgIpc) is 2.94. The molecule has 25 heavy (non-hydrogen) atoms. The Kier molecular flexibility index (Phi) is 8.85. The summed E-state index contributed by atoms with van der Waals surface area (Å²) in [5.74, 6) is -0.878. The normalized spacial score (nSPS) is 19.4. The fraction of sp³-hybridized carbons (Fsp3) is 0.438. The van der Waals surface area contributed by atoms with Crippen LogP contribution in [0.25, 0.3) is 10.9 Å². The second kappa shape index (κ2) is 9.94. The zero-order valence-corrected chi connectivity index (χ0v) is 21.3. The topological polar surface area (TPSA) is 62.3 Å². The summed E-state index contributed by atoms with van der Waals surface area (Å²) >= 11 is 17.9. The van der Waals surface area contributed by atoms with Crippen molar-refractivity contribution < 1.29 is 27.9 Å². The Bertz CT molecular complexity index is 769. The zero-order chi connectivity index (χ0) is 18.6. The van der Waals surface area contributed by atoms with Gasteiger partial charge in [0.05, 0.1) is 34.3 Å². The molecule has 3 rings (SSSR count). The van der Waals surface area contributed by atoms with E-state index in [1.54, 1.807) is 12.1 Å². The molecule has 1 aromatic heterocycles. The molecule has 1 aliphatic rings. The Balaban J connectivity index is 0.000000701. The van der Waals surface area contributed by atoms with Crippen molar-refractivity contribution in [2.45, 2.75) is 38.2 Å². The number of fused-ring (bicyclic) bond motifs is 3. The van der Waals surface area contributed by atoms with Crippen molar-refractivity contribution in [1.82, 2.24) is 4.98 Å². The predicted octanol–water partition coefficient (Wildman–Crippen LogP) is 3.29. The minimum absolute atomic E-state index is 0.0735. The van der Waals surface area contributed by atoms with E-state index in [-0.39, 0.29) is 6.42 Å². The van der Waals surface area contributed by atoms with Gasteiger partial charge in [-0.3, -0.25) is 4.79 Å². The summed E-state index contributed by atoms with van der Waals surface area (Å²) in [4.78, 5) is 14.7. The molecule has 0 saturated carbocycles. The first-order valence-corrected chi connectivity index (χ1v) is 20.9.